The summed E-state index contributed by atoms with van der Waals surface area (Å²) in [4.78, 5) is 10.4. The van der Waals surface area contributed by atoms with Crippen molar-refractivity contribution in [1.82, 2.24) is 0 Å². The van der Waals surface area contributed by atoms with Crippen LogP contribution >= 0.6 is 11.6 Å². The molecule has 0 fully saturated rings. The van der Waals surface area contributed by atoms with Crippen molar-refractivity contribution in [3.8, 4) is 11.5 Å². The Bertz CT molecular complexity index is 434. The van der Waals surface area contributed by atoms with Crippen molar-refractivity contribution in [3.63, 3.8) is 0 Å². The van der Waals surface area contributed by atoms with E-state index in [0.717, 1.165) is 12.7 Å². The average molecular weight is 259 g/mol. The first kappa shape index (κ1) is 12.2. The maximum absolute atomic E-state index is 13.9. The van der Waals surface area contributed by atoms with Gasteiger partial charge in [0.25, 0.3) is 0 Å². The van der Waals surface area contributed by atoms with Gasteiger partial charge in [-0.1, -0.05) is 11.6 Å². The maximum Gasteiger partial charge on any atom is 0.167 e. The Morgan fingerprint density at radius 1 is 1.41 bits per heavy atom. The molecule has 1 heterocycles. The molecule has 0 aliphatic carbocycles. The van der Waals surface area contributed by atoms with Gasteiger partial charge in [-0.15, -0.1) is 0 Å². The molecule has 0 saturated carbocycles. The Labute approximate surface area is 103 Å². The van der Waals surface area contributed by atoms with Crippen LogP contribution in [0.5, 0.6) is 11.5 Å². The number of carbonyl (C=O) groups is 1. The van der Waals surface area contributed by atoms with E-state index in [9.17, 15) is 9.18 Å². The minimum absolute atomic E-state index is 0.00449. The third-order valence-electron chi connectivity index (χ3n) is 2.54. The van der Waals surface area contributed by atoms with Crippen molar-refractivity contribution in [3.05, 3.63) is 22.5 Å². The van der Waals surface area contributed by atoms with Crippen LogP contribution in [0.3, 0.4) is 0 Å². The van der Waals surface area contributed by atoms with Crippen molar-refractivity contribution >= 4 is 17.9 Å². The lowest BCUT2D eigenvalue weighted by atomic mass is 10.1. The highest BCUT2D eigenvalue weighted by atomic mass is 35.5. The fraction of sp³-hybridized carbons (Fsp3) is 0.417. The summed E-state index contributed by atoms with van der Waals surface area (Å²) in [5, 5.41) is -0.00449. The molecule has 3 nitrogen and oxygen atoms in total. The topological polar surface area (TPSA) is 35.5 Å². The lowest BCUT2D eigenvalue weighted by Gasteiger charge is -2.13. The zero-order valence-electron chi connectivity index (χ0n) is 9.17. The number of rotatable bonds is 3. The Kier molecular flexibility index (Phi) is 3.84. The normalized spacial score (nSPS) is 14.2. The lowest BCUT2D eigenvalue weighted by Crippen LogP contribution is -2.01. The van der Waals surface area contributed by atoms with E-state index in [1.807, 2.05) is 0 Å². The third-order valence-corrected chi connectivity index (χ3v) is 2.81. The van der Waals surface area contributed by atoms with Gasteiger partial charge in [-0.25, -0.2) is 4.39 Å². The largest absolute Gasteiger partial charge is 0.489 e. The SMILES string of the molecule is O=CCCc1c(F)c(Cl)cc2c1OCCCO2. The molecule has 17 heavy (non-hydrogen) atoms. The number of fused-ring (bicyclic) bond motifs is 1. The molecule has 0 amide bonds. The molecular weight excluding hydrogens is 247 g/mol. The molecule has 0 aromatic heterocycles. The summed E-state index contributed by atoms with van der Waals surface area (Å²) in [6.45, 7) is 0.990. The minimum atomic E-state index is -0.530. The van der Waals surface area contributed by atoms with E-state index in [-0.39, 0.29) is 17.9 Å². The van der Waals surface area contributed by atoms with Gasteiger partial charge in [0, 0.05) is 24.5 Å². The van der Waals surface area contributed by atoms with Crippen molar-refractivity contribution in [2.75, 3.05) is 13.2 Å². The van der Waals surface area contributed by atoms with E-state index >= 15 is 0 Å². The summed E-state index contributed by atoms with van der Waals surface area (Å²) in [7, 11) is 0. The smallest absolute Gasteiger partial charge is 0.167 e. The Hall–Kier alpha value is -1.29. The molecule has 0 unspecified atom stereocenters. The van der Waals surface area contributed by atoms with Crippen molar-refractivity contribution in [2.24, 2.45) is 0 Å². The van der Waals surface area contributed by atoms with Crippen LogP contribution in [-0.4, -0.2) is 19.5 Å². The van der Waals surface area contributed by atoms with Crippen molar-refractivity contribution in [2.45, 2.75) is 19.3 Å². The molecule has 0 atom stereocenters. The van der Waals surface area contributed by atoms with Crippen LogP contribution in [0.1, 0.15) is 18.4 Å². The minimum Gasteiger partial charge on any atom is -0.489 e. The second kappa shape index (κ2) is 5.36. The molecule has 2 rings (SSSR count). The number of hydrogen-bond donors (Lipinski definition) is 0. The van der Waals surface area contributed by atoms with E-state index in [0.29, 0.717) is 30.3 Å². The number of halogens is 2. The van der Waals surface area contributed by atoms with Crippen LogP contribution in [0.2, 0.25) is 5.02 Å². The first-order valence-electron chi connectivity index (χ1n) is 5.44. The summed E-state index contributed by atoms with van der Waals surface area (Å²) in [6, 6.07) is 1.42. The third kappa shape index (κ3) is 2.52. The molecule has 1 aromatic carbocycles. The highest BCUT2D eigenvalue weighted by Gasteiger charge is 2.21. The van der Waals surface area contributed by atoms with Crippen LogP contribution in [0.4, 0.5) is 4.39 Å². The van der Waals surface area contributed by atoms with Gasteiger partial charge in [0.05, 0.1) is 18.2 Å². The zero-order valence-corrected chi connectivity index (χ0v) is 9.93. The van der Waals surface area contributed by atoms with Gasteiger partial charge in [-0.3, -0.25) is 0 Å². The van der Waals surface area contributed by atoms with Gasteiger partial charge in [0.1, 0.15) is 12.1 Å². The van der Waals surface area contributed by atoms with Crippen LogP contribution in [-0.2, 0) is 11.2 Å². The van der Waals surface area contributed by atoms with Gasteiger partial charge in [0.2, 0.25) is 0 Å². The molecule has 0 saturated heterocycles. The molecule has 1 aliphatic heterocycles. The molecule has 1 aromatic rings. The molecule has 0 N–H and O–H groups in total. The molecule has 5 heteroatoms. The van der Waals surface area contributed by atoms with E-state index in [1.54, 1.807) is 0 Å². The molecular formula is C12H12ClFO3. The van der Waals surface area contributed by atoms with E-state index in [2.05, 4.69) is 0 Å². The molecule has 92 valence electrons. The van der Waals surface area contributed by atoms with Crippen LogP contribution in [0, 0.1) is 5.82 Å². The van der Waals surface area contributed by atoms with Gasteiger partial charge in [-0.05, 0) is 6.42 Å². The Morgan fingerprint density at radius 2 is 2.18 bits per heavy atom. The number of hydrogen-bond acceptors (Lipinski definition) is 3. The highest BCUT2D eigenvalue weighted by Crippen LogP contribution is 2.39. The molecule has 0 spiro atoms. The average Bonchev–Trinajstić information content (AvgIpc) is 2.55. The van der Waals surface area contributed by atoms with Gasteiger partial charge in [-0.2, -0.15) is 0 Å². The maximum atomic E-state index is 13.9. The predicted octanol–water partition coefficient (Wildman–Crippen LogP) is 2.77. The Balaban J connectivity index is 2.45. The second-order valence-corrected chi connectivity index (χ2v) is 4.14. The van der Waals surface area contributed by atoms with E-state index < -0.39 is 5.82 Å². The van der Waals surface area contributed by atoms with E-state index in [4.69, 9.17) is 21.1 Å². The standard InChI is InChI=1S/C12H12ClFO3/c13-9-7-10-12(17-6-2-5-16-10)8(11(9)14)3-1-4-15/h4,7H,1-3,5-6H2. The first-order valence-corrected chi connectivity index (χ1v) is 5.82. The zero-order chi connectivity index (χ0) is 12.3. The molecule has 0 bridgehead atoms. The number of ether oxygens (including phenoxy) is 2. The van der Waals surface area contributed by atoms with Gasteiger partial charge >= 0.3 is 0 Å². The summed E-state index contributed by atoms with van der Waals surface area (Å²) in [5.41, 5.74) is 0.321. The number of carbonyl (C=O) groups excluding carboxylic acids is 1. The van der Waals surface area contributed by atoms with Crippen LogP contribution in [0.15, 0.2) is 6.07 Å². The summed E-state index contributed by atoms with van der Waals surface area (Å²) < 4.78 is 24.8. The van der Waals surface area contributed by atoms with E-state index in [1.165, 1.54) is 6.07 Å². The number of benzene rings is 1. The number of aldehydes is 1. The van der Waals surface area contributed by atoms with Crippen molar-refractivity contribution < 1.29 is 18.7 Å². The fourth-order valence-electron chi connectivity index (χ4n) is 1.74. The summed E-state index contributed by atoms with van der Waals surface area (Å²) in [6.07, 6.45) is 1.97. The molecule has 0 radical (unpaired) electrons. The van der Waals surface area contributed by atoms with Gasteiger partial charge < -0.3 is 14.3 Å². The monoisotopic (exact) mass is 258 g/mol. The summed E-state index contributed by atoms with van der Waals surface area (Å²) in [5.74, 6) is 0.304. The Morgan fingerprint density at radius 3 is 2.94 bits per heavy atom. The summed E-state index contributed by atoms with van der Waals surface area (Å²) >= 11 is 5.78. The fourth-order valence-corrected chi connectivity index (χ4v) is 1.96. The van der Waals surface area contributed by atoms with Crippen molar-refractivity contribution in [1.29, 1.82) is 0 Å². The van der Waals surface area contributed by atoms with Gasteiger partial charge in [0.15, 0.2) is 11.5 Å². The quantitative estimate of drug-likeness (QED) is 0.782. The predicted molar refractivity (Wildman–Crippen MR) is 61.4 cm³/mol. The molecule has 1 aliphatic rings. The lowest BCUT2D eigenvalue weighted by molar-refractivity contribution is -0.107. The highest BCUT2D eigenvalue weighted by molar-refractivity contribution is 6.31. The first-order chi connectivity index (χ1) is 8.24. The van der Waals surface area contributed by atoms with Crippen LogP contribution < -0.4 is 9.47 Å². The second-order valence-electron chi connectivity index (χ2n) is 3.73. The van der Waals surface area contributed by atoms with Crippen LogP contribution in [0.25, 0.3) is 0 Å².